The summed E-state index contributed by atoms with van der Waals surface area (Å²) in [6.45, 7) is 5.80. The van der Waals surface area contributed by atoms with Gasteiger partial charge in [0.1, 0.15) is 16.7 Å². The van der Waals surface area contributed by atoms with Crippen LogP contribution in [0.1, 0.15) is 42.6 Å². The number of amides is 1. The molecule has 3 aromatic rings. The second-order valence-electron chi connectivity index (χ2n) is 7.40. The molecule has 1 aromatic carbocycles. The van der Waals surface area contributed by atoms with E-state index in [1.807, 2.05) is 30.3 Å². The maximum atomic E-state index is 13.3. The molecule has 1 N–H and O–H groups in total. The summed E-state index contributed by atoms with van der Waals surface area (Å²) in [5, 5.41) is 3.60. The number of aryl methyl sites for hydroxylation is 2. The zero-order valence-electron chi connectivity index (χ0n) is 15.8. The van der Waals surface area contributed by atoms with Crippen LogP contribution in [0, 0.1) is 12.8 Å². The molecule has 4 rings (SSSR count). The first kappa shape index (κ1) is 17.9. The fourth-order valence-electron chi connectivity index (χ4n) is 3.85. The lowest BCUT2D eigenvalue weighted by molar-refractivity contribution is -0.118. The summed E-state index contributed by atoms with van der Waals surface area (Å²) in [6.07, 6.45) is 3.02. The number of anilines is 1. The number of para-hydroxylation sites is 1. The highest BCUT2D eigenvalue weighted by atomic mass is 32.1. The molecule has 2 heterocycles. The minimum atomic E-state index is -0.632. The van der Waals surface area contributed by atoms with Gasteiger partial charge < -0.3 is 5.32 Å². The van der Waals surface area contributed by atoms with Crippen LogP contribution in [-0.4, -0.2) is 15.5 Å². The van der Waals surface area contributed by atoms with Crippen LogP contribution in [0.2, 0.25) is 0 Å². The summed E-state index contributed by atoms with van der Waals surface area (Å²) in [4.78, 5) is 32.8. The van der Waals surface area contributed by atoms with E-state index >= 15 is 0 Å². The minimum absolute atomic E-state index is 0.0970. The zero-order chi connectivity index (χ0) is 19.1. The summed E-state index contributed by atoms with van der Waals surface area (Å²) in [5.41, 5.74) is 1.77. The Morgan fingerprint density at radius 3 is 2.81 bits per heavy atom. The van der Waals surface area contributed by atoms with Crippen LogP contribution >= 0.6 is 11.3 Å². The van der Waals surface area contributed by atoms with E-state index in [1.165, 1.54) is 9.44 Å². The first-order chi connectivity index (χ1) is 13.0. The van der Waals surface area contributed by atoms with Crippen molar-refractivity contribution in [2.45, 2.75) is 46.1 Å². The van der Waals surface area contributed by atoms with Crippen molar-refractivity contribution < 1.29 is 4.79 Å². The molecule has 6 heteroatoms. The lowest BCUT2D eigenvalue weighted by Crippen LogP contribution is -2.34. The van der Waals surface area contributed by atoms with Crippen molar-refractivity contribution in [1.82, 2.24) is 9.55 Å². The molecule has 0 radical (unpaired) electrons. The number of nitrogens with zero attached hydrogens (tertiary/aromatic N) is 2. The lowest BCUT2D eigenvalue weighted by Gasteiger charge is -2.19. The molecule has 1 aliphatic carbocycles. The van der Waals surface area contributed by atoms with Crippen LogP contribution in [0.5, 0.6) is 0 Å². The number of rotatable bonds is 3. The molecule has 1 aliphatic rings. The Hall–Kier alpha value is -2.47. The SMILES string of the molecule is Cc1nc2sc3c(c2c(=O)n1C(C)C(=O)Nc1ccccc1)CCC(C)C3. The monoisotopic (exact) mass is 381 g/mol. The third kappa shape index (κ3) is 3.18. The highest BCUT2D eigenvalue weighted by Crippen LogP contribution is 2.36. The lowest BCUT2D eigenvalue weighted by atomic mass is 9.89. The number of aromatic nitrogens is 2. The van der Waals surface area contributed by atoms with Crippen molar-refractivity contribution in [1.29, 1.82) is 0 Å². The van der Waals surface area contributed by atoms with Crippen LogP contribution in [0.4, 0.5) is 5.69 Å². The van der Waals surface area contributed by atoms with Crippen molar-refractivity contribution in [3.05, 3.63) is 57.0 Å². The van der Waals surface area contributed by atoms with Gasteiger partial charge in [-0.3, -0.25) is 14.2 Å². The maximum absolute atomic E-state index is 13.3. The minimum Gasteiger partial charge on any atom is -0.324 e. The molecule has 2 atom stereocenters. The largest absolute Gasteiger partial charge is 0.324 e. The fraction of sp³-hybridized carbons (Fsp3) is 0.381. The molecule has 5 nitrogen and oxygen atoms in total. The van der Waals surface area contributed by atoms with Crippen molar-refractivity contribution in [3.63, 3.8) is 0 Å². The van der Waals surface area contributed by atoms with Gasteiger partial charge in [0.25, 0.3) is 5.56 Å². The number of fused-ring (bicyclic) bond motifs is 3. The summed E-state index contributed by atoms with van der Waals surface area (Å²) in [7, 11) is 0. The van der Waals surface area contributed by atoms with Gasteiger partial charge in [-0.15, -0.1) is 11.3 Å². The van der Waals surface area contributed by atoms with Gasteiger partial charge in [0.15, 0.2) is 0 Å². The van der Waals surface area contributed by atoms with Gasteiger partial charge in [-0.2, -0.15) is 0 Å². The second kappa shape index (κ2) is 6.93. The standard InChI is InChI=1S/C21H23N3O2S/c1-12-9-10-16-17(11-12)27-20-18(16)21(26)24(14(3)22-20)13(2)19(25)23-15-7-5-4-6-8-15/h4-8,12-13H,9-11H2,1-3H3,(H,23,25). The Labute approximate surface area is 162 Å². The van der Waals surface area contributed by atoms with Gasteiger partial charge in [0.05, 0.1) is 5.39 Å². The molecule has 0 bridgehead atoms. The van der Waals surface area contributed by atoms with Crippen LogP contribution in [0.3, 0.4) is 0 Å². The number of benzene rings is 1. The molecule has 0 saturated carbocycles. The second-order valence-corrected chi connectivity index (χ2v) is 8.48. The Morgan fingerprint density at radius 1 is 1.33 bits per heavy atom. The summed E-state index contributed by atoms with van der Waals surface area (Å²) in [5.74, 6) is 1.00. The van der Waals surface area contributed by atoms with Gasteiger partial charge in [-0.05, 0) is 56.7 Å². The Morgan fingerprint density at radius 2 is 2.07 bits per heavy atom. The molecule has 27 heavy (non-hydrogen) atoms. The van der Waals surface area contributed by atoms with Crippen molar-refractivity contribution in [3.8, 4) is 0 Å². The van der Waals surface area contributed by atoms with E-state index in [9.17, 15) is 9.59 Å². The predicted octanol–water partition coefficient (Wildman–Crippen LogP) is 4.09. The van der Waals surface area contributed by atoms with E-state index in [2.05, 4.69) is 17.2 Å². The van der Waals surface area contributed by atoms with Crippen molar-refractivity contribution in [2.75, 3.05) is 5.32 Å². The van der Waals surface area contributed by atoms with Crippen LogP contribution in [-0.2, 0) is 17.6 Å². The first-order valence-corrected chi connectivity index (χ1v) is 10.2. The van der Waals surface area contributed by atoms with E-state index < -0.39 is 6.04 Å². The van der Waals surface area contributed by atoms with Gasteiger partial charge >= 0.3 is 0 Å². The third-order valence-corrected chi connectivity index (χ3v) is 6.49. The number of hydrogen-bond acceptors (Lipinski definition) is 4. The first-order valence-electron chi connectivity index (χ1n) is 9.35. The molecule has 0 fully saturated rings. The molecule has 2 unspecified atom stereocenters. The number of carbonyl (C=O) groups excluding carboxylic acids is 1. The topological polar surface area (TPSA) is 64.0 Å². The van der Waals surface area contributed by atoms with Crippen LogP contribution in [0.15, 0.2) is 35.1 Å². The fourth-order valence-corrected chi connectivity index (χ4v) is 5.26. The van der Waals surface area contributed by atoms with Crippen LogP contribution in [0.25, 0.3) is 10.2 Å². The normalized spacial score (nSPS) is 17.5. The van der Waals surface area contributed by atoms with E-state index in [1.54, 1.807) is 25.2 Å². The van der Waals surface area contributed by atoms with Crippen molar-refractivity contribution >= 4 is 33.1 Å². The van der Waals surface area contributed by atoms with Gasteiger partial charge in [-0.25, -0.2) is 4.98 Å². The molecule has 2 aromatic heterocycles. The Kier molecular flexibility index (Phi) is 4.60. The summed E-state index contributed by atoms with van der Waals surface area (Å²) >= 11 is 1.64. The van der Waals surface area contributed by atoms with Gasteiger partial charge in [0.2, 0.25) is 5.91 Å². The Balaban J connectivity index is 1.75. The predicted molar refractivity (Wildman–Crippen MR) is 110 cm³/mol. The molecule has 0 spiro atoms. The van der Waals surface area contributed by atoms with E-state index in [4.69, 9.17) is 0 Å². The third-order valence-electron chi connectivity index (χ3n) is 5.35. The average Bonchev–Trinajstić information content (AvgIpc) is 2.99. The number of thiophene rings is 1. The molecular formula is C21H23N3O2S. The number of nitrogens with one attached hydrogen (secondary N) is 1. The molecule has 0 aliphatic heterocycles. The van der Waals surface area contributed by atoms with Crippen molar-refractivity contribution in [2.24, 2.45) is 5.92 Å². The van der Waals surface area contributed by atoms with E-state index in [0.717, 1.165) is 35.3 Å². The van der Waals surface area contributed by atoms with Gasteiger partial charge in [-0.1, -0.05) is 25.1 Å². The molecular weight excluding hydrogens is 358 g/mol. The molecule has 0 saturated heterocycles. The maximum Gasteiger partial charge on any atom is 0.263 e. The van der Waals surface area contributed by atoms with Crippen LogP contribution < -0.4 is 10.9 Å². The average molecular weight is 382 g/mol. The zero-order valence-corrected chi connectivity index (χ0v) is 16.6. The van der Waals surface area contributed by atoms with Gasteiger partial charge in [0, 0.05) is 10.6 Å². The number of carbonyl (C=O) groups is 1. The summed E-state index contributed by atoms with van der Waals surface area (Å²) in [6, 6.07) is 8.66. The summed E-state index contributed by atoms with van der Waals surface area (Å²) < 4.78 is 1.53. The molecule has 1 amide bonds. The highest BCUT2D eigenvalue weighted by Gasteiger charge is 2.26. The smallest absolute Gasteiger partial charge is 0.263 e. The molecule has 140 valence electrons. The Bertz CT molecular complexity index is 1070. The quantitative estimate of drug-likeness (QED) is 0.743. The van der Waals surface area contributed by atoms with E-state index in [0.29, 0.717) is 17.1 Å². The highest BCUT2D eigenvalue weighted by molar-refractivity contribution is 7.18. The van der Waals surface area contributed by atoms with E-state index in [-0.39, 0.29) is 11.5 Å². The number of hydrogen-bond donors (Lipinski definition) is 1.